The Bertz CT molecular complexity index is 430. The van der Waals surface area contributed by atoms with Crippen molar-refractivity contribution in [1.29, 1.82) is 0 Å². The minimum atomic E-state index is -0.865. The molecule has 1 rings (SSSR count). The number of amides is 1. The SMILES string of the molecule is CC(=O)NC(CCC(=O)O)Cc1cc(Br)c(Cl)s1. The van der Waals surface area contributed by atoms with Crippen molar-refractivity contribution in [1.82, 2.24) is 5.32 Å². The molecule has 0 fully saturated rings. The van der Waals surface area contributed by atoms with Crippen molar-refractivity contribution in [2.24, 2.45) is 0 Å². The van der Waals surface area contributed by atoms with E-state index in [1.165, 1.54) is 18.3 Å². The summed E-state index contributed by atoms with van der Waals surface area (Å²) in [6.45, 7) is 1.42. The second-order valence-electron chi connectivity index (χ2n) is 3.87. The van der Waals surface area contributed by atoms with Crippen LogP contribution in [0.15, 0.2) is 10.5 Å². The Morgan fingerprint density at radius 2 is 2.28 bits per heavy atom. The highest BCUT2D eigenvalue weighted by Crippen LogP contribution is 2.32. The third-order valence-electron chi connectivity index (χ3n) is 2.26. The lowest BCUT2D eigenvalue weighted by molar-refractivity contribution is -0.137. The highest BCUT2D eigenvalue weighted by atomic mass is 79.9. The maximum atomic E-state index is 11.1. The zero-order valence-electron chi connectivity index (χ0n) is 9.70. The summed E-state index contributed by atoms with van der Waals surface area (Å²) in [5, 5.41) is 11.4. The van der Waals surface area contributed by atoms with Crippen LogP contribution in [-0.2, 0) is 16.0 Å². The Hall–Kier alpha value is -0.590. The van der Waals surface area contributed by atoms with Crippen LogP contribution in [0.4, 0.5) is 0 Å². The van der Waals surface area contributed by atoms with Gasteiger partial charge in [-0.15, -0.1) is 11.3 Å². The topological polar surface area (TPSA) is 66.4 Å². The monoisotopic (exact) mass is 353 g/mol. The molecule has 0 aromatic carbocycles. The highest BCUT2D eigenvalue weighted by molar-refractivity contribution is 9.10. The van der Waals surface area contributed by atoms with Gasteiger partial charge in [0.2, 0.25) is 5.91 Å². The normalized spacial score (nSPS) is 12.2. The van der Waals surface area contributed by atoms with E-state index in [0.717, 1.165) is 9.35 Å². The second-order valence-corrected chi connectivity index (χ2v) is 6.46. The van der Waals surface area contributed by atoms with Crippen LogP contribution in [0.25, 0.3) is 0 Å². The van der Waals surface area contributed by atoms with Gasteiger partial charge in [-0.1, -0.05) is 11.6 Å². The molecule has 0 bridgehead atoms. The van der Waals surface area contributed by atoms with Gasteiger partial charge in [-0.3, -0.25) is 9.59 Å². The lowest BCUT2D eigenvalue weighted by Gasteiger charge is -2.15. The summed E-state index contributed by atoms with van der Waals surface area (Å²) in [5.41, 5.74) is 0. The number of thiophene rings is 1. The van der Waals surface area contributed by atoms with Crippen molar-refractivity contribution >= 4 is 50.7 Å². The quantitative estimate of drug-likeness (QED) is 0.825. The van der Waals surface area contributed by atoms with Crippen molar-refractivity contribution in [2.75, 3.05) is 0 Å². The van der Waals surface area contributed by atoms with Gasteiger partial charge in [-0.05, 0) is 28.4 Å². The van der Waals surface area contributed by atoms with Gasteiger partial charge >= 0.3 is 5.97 Å². The minimum absolute atomic E-state index is 0.0330. The van der Waals surface area contributed by atoms with Crippen molar-refractivity contribution in [3.8, 4) is 0 Å². The van der Waals surface area contributed by atoms with Gasteiger partial charge < -0.3 is 10.4 Å². The molecule has 100 valence electrons. The first-order valence-corrected chi connectivity index (χ1v) is 7.30. The molecule has 1 unspecified atom stereocenters. The average molecular weight is 355 g/mol. The van der Waals surface area contributed by atoms with Crippen molar-refractivity contribution in [3.63, 3.8) is 0 Å². The van der Waals surface area contributed by atoms with Gasteiger partial charge in [0.15, 0.2) is 0 Å². The molecule has 4 nitrogen and oxygen atoms in total. The average Bonchev–Trinajstić information content (AvgIpc) is 2.54. The number of carboxylic acid groups (broad SMARTS) is 1. The summed E-state index contributed by atoms with van der Waals surface area (Å²) in [5.74, 6) is -1.03. The molecular formula is C11H13BrClNO3S. The predicted molar refractivity (Wildman–Crippen MR) is 75.2 cm³/mol. The number of aliphatic carboxylic acids is 1. The zero-order valence-corrected chi connectivity index (χ0v) is 12.9. The zero-order chi connectivity index (χ0) is 13.7. The number of nitrogens with one attached hydrogen (secondary N) is 1. The lowest BCUT2D eigenvalue weighted by atomic mass is 10.1. The van der Waals surface area contributed by atoms with Crippen molar-refractivity contribution < 1.29 is 14.7 Å². The van der Waals surface area contributed by atoms with Gasteiger partial charge in [0.1, 0.15) is 4.34 Å². The summed E-state index contributed by atoms with van der Waals surface area (Å²) in [4.78, 5) is 22.6. The highest BCUT2D eigenvalue weighted by Gasteiger charge is 2.15. The molecule has 1 amide bonds. The second kappa shape index (κ2) is 7.11. The molecule has 1 aromatic rings. The molecule has 0 aliphatic heterocycles. The number of carboxylic acids is 1. The van der Waals surface area contributed by atoms with Gasteiger partial charge in [0.25, 0.3) is 0 Å². The van der Waals surface area contributed by atoms with Gasteiger partial charge in [0.05, 0.1) is 0 Å². The number of hydrogen-bond acceptors (Lipinski definition) is 3. The predicted octanol–water partition coefficient (Wildman–Crippen LogP) is 3.08. The fourth-order valence-electron chi connectivity index (χ4n) is 1.55. The molecule has 0 aliphatic carbocycles. The standard InChI is InChI=1S/C11H13BrClNO3S/c1-6(15)14-7(2-3-10(16)17)4-8-5-9(12)11(13)18-8/h5,7H,2-4H2,1H3,(H,14,15)(H,16,17). The molecule has 0 saturated heterocycles. The van der Waals surface area contributed by atoms with E-state index in [-0.39, 0.29) is 18.4 Å². The van der Waals surface area contributed by atoms with Crippen LogP contribution in [0.3, 0.4) is 0 Å². The molecular weight excluding hydrogens is 342 g/mol. The first-order chi connectivity index (χ1) is 8.38. The maximum Gasteiger partial charge on any atom is 0.303 e. The number of halogens is 2. The molecule has 0 saturated carbocycles. The maximum absolute atomic E-state index is 11.1. The van der Waals surface area contributed by atoms with Gasteiger partial charge in [-0.2, -0.15) is 0 Å². The van der Waals surface area contributed by atoms with E-state index in [1.54, 1.807) is 0 Å². The lowest BCUT2D eigenvalue weighted by Crippen LogP contribution is -2.35. The fourth-order valence-corrected chi connectivity index (χ4v) is 3.42. The number of rotatable bonds is 6. The Morgan fingerprint density at radius 1 is 1.61 bits per heavy atom. The molecule has 0 aliphatic rings. The van der Waals surface area contributed by atoms with Crippen LogP contribution in [-0.4, -0.2) is 23.0 Å². The Labute approximate surface area is 122 Å². The molecule has 1 heterocycles. The van der Waals surface area contributed by atoms with E-state index < -0.39 is 5.97 Å². The Morgan fingerprint density at radius 3 is 2.72 bits per heavy atom. The molecule has 18 heavy (non-hydrogen) atoms. The summed E-state index contributed by atoms with van der Waals surface area (Å²) < 4.78 is 1.48. The molecule has 0 radical (unpaired) electrons. The summed E-state index contributed by atoms with van der Waals surface area (Å²) in [7, 11) is 0. The first kappa shape index (κ1) is 15.5. The molecule has 7 heteroatoms. The van der Waals surface area contributed by atoms with E-state index in [2.05, 4.69) is 21.2 Å². The third-order valence-corrected chi connectivity index (χ3v) is 4.75. The molecule has 1 atom stereocenters. The smallest absolute Gasteiger partial charge is 0.303 e. The van der Waals surface area contributed by atoms with Gasteiger partial charge in [-0.25, -0.2) is 0 Å². The largest absolute Gasteiger partial charge is 0.481 e. The number of carbonyl (C=O) groups is 2. The van der Waals surface area contributed by atoms with E-state index in [9.17, 15) is 9.59 Å². The van der Waals surface area contributed by atoms with Crippen molar-refractivity contribution in [2.45, 2.75) is 32.2 Å². The van der Waals surface area contributed by atoms with Crippen LogP contribution in [0.2, 0.25) is 4.34 Å². The molecule has 2 N–H and O–H groups in total. The van der Waals surface area contributed by atoms with Crippen LogP contribution in [0.5, 0.6) is 0 Å². The number of carbonyl (C=O) groups excluding carboxylic acids is 1. The molecule has 0 spiro atoms. The van der Waals surface area contributed by atoms with E-state index in [1.807, 2.05) is 6.07 Å². The Kier molecular flexibility index (Phi) is 6.11. The van der Waals surface area contributed by atoms with Crippen LogP contribution in [0.1, 0.15) is 24.6 Å². The van der Waals surface area contributed by atoms with E-state index in [4.69, 9.17) is 16.7 Å². The van der Waals surface area contributed by atoms with Crippen LogP contribution < -0.4 is 5.32 Å². The summed E-state index contributed by atoms with van der Waals surface area (Å²) in [6, 6.07) is 1.71. The van der Waals surface area contributed by atoms with E-state index in [0.29, 0.717) is 17.2 Å². The fraction of sp³-hybridized carbons (Fsp3) is 0.455. The van der Waals surface area contributed by atoms with Crippen molar-refractivity contribution in [3.05, 3.63) is 19.8 Å². The van der Waals surface area contributed by atoms with Crippen LogP contribution in [0, 0.1) is 0 Å². The summed E-state index contributed by atoms with van der Waals surface area (Å²) >= 11 is 10.7. The Balaban J connectivity index is 2.64. The minimum Gasteiger partial charge on any atom is -0.481 e. The van der Waals surface area contributed by atoms with Crippen LogP contribution >= 0.6 is 38.9 Å². The summed E-state index contributed by atoms with van der Waals surface area (Å²) in [6.07, 6.45) is 1.02. The third kappa shape index (κ3) is 5.37. The molecule has 1 aromatic heterocycles. The van der Waals surface area contributed by atoms with Gasteiger partial charge in [0, 0.05) is 35.2 Å². The van der Waals surface area contributed by atoms with E-state index >= 15 is 0 Å². The first-order valence-electron chi connectivity index (χ1n) is 5.31. The number of hydrogen-bond donors (Lipinski definition) is 2.